The van der Waals surface area contributed by atoms with Gasteiger partial charge in [-0.3, -0.25) is 0 Å². The van der Waals surface area contributed by atoms with E-state index in [0.717, 1.165) is 5.56 Å². The molecule has 0 atom stereocenters. The number of hydrogen-bond donors (Lipinski definition) is 1. The molecule has 0 heterocycles. The van der Waals surface area contributed by atoms with Crippen LogP contribution in [0.3, 0.4) is 0 Å². The molecule has 0 bridgehead atoms. The lowest BCUT2D eigenvalue weighted by Crippen LogP contribution is -2.04. The molecule has 0 radical (unpaired) electrons. The molecule has 0 aliphatic carbocycles. The summed E-state index contributed by atoms with van der Waals surface area (Å²) in [7, 11) is 0. The lowest BCUT2D eigenvalue weighted by molar-refractivity contribution is 0.0653. The molecule has 0 aromatic heterocycles. The summed E-state index contributed by atoms with van der Waals surface area (Å²) in [6, 6.07) is 4.87. The second kappa shape index (κ2) is 5.14. The number of ether oxygens (including phenoxy) is 1. The Morgan fingerprint density at radius 2 is 2.20 bits per heavy atom. The maximum absolute atomic E-state index is 10.8. The molecule has 4 heteroatoms. The van der Waals surface area contributed by atoms with Crippen LogP contribution in [0.1, 0.15) is 29.8 Å². The minimum absolute atomic E-state index is 0.113. The third kappa shape index (κ3) is 3.53. The van der Waals surface area contributed by atoms with Crippen molar-refractivity contribution in [3.63, 3.8) is 0 Å². The Hall–Kier alpha value is -1.06. The van der Waals surface area contributed by atoms with Crippen LogP contribution >= 0.6 is 11.6 Å². The summed E-state index contributed by atoms with van der Waals surface area (Å²) in [6.07, 6.45) is 0.119. The topological polar surface area (TPSA) is 46.5 Å². The summed E-state index contributed by atoms with van der Waals surface area (Å²) in [5, 5.41) is 9.09. The van der Waals surface area contributed by atoms with Crippen LogP contribution in [-0.2, 0) is 11.3 Å². The molecule has 0 spiro atoms. The van der Waals surface area contributed by atoms with E-state index in [2.05, 4.69) is 0 Å². The molecule has 1 N–H and O–H groups in total. The Kier molecular flexibility index (Phi) is 4.12. The molecule has 0 unspecified atom stereocenters. The Labute approximate surface area is 93.6 Å². The van der Waals surface area contributed by atoms with Crippen LogP contribution in [0.5, 0.6) is 0 Å². The highest BCUT2D eigenvalue weighted by Gasteiger charge is 2.09. The van der Waals surface area contributed by atoms with Gasteiger partial charge in [0, 0.05) is 0 Å². The van der Waals surface area contributed by atoms with E-state index in [9.17, 15) is 4.79 Å². The fourth-order valence-electron chi connectivity index (χ4n) is 1.09. The zero-order chi connectivity index (χ0) is 11.4. The monoisotopic (exact) mass is 228 g/mol. The van der Waals surface area contributed by atoms with E-state index in [1.807, 2.05) is 13.8 Å². The van der Waals surface area contributed by atoms with E-state index in [4.69, 9.17) is 21.4 Å². The highest BCUT2D eigenvalue weighted by atomic mass is 35.5. The zero-order valence-electron chi connectivity index (χ0n) is 8.66. The molecular weight excluding hydrogens is 216 g/mol. The number of rotatable bonds is 4. The molecular formula is C11H13ClO3. The van der Waals surface area contributed by atoms with Crippen molar-refractivity contribution < 1.29 is 14.6 Å². The summed E-state index contributed by atoms with van der Waals surface area (Å²) in [4.78, 5) is 10.8. The van der Waals surface area contributed by atoms with E-state index < -0.39 is 5.97 Å². The molecule has 1 rings (SSSR count). The van der Waals surface area contributed by atoms with Gasteiger partial charge in [-0.15, -0.1) is 0 Å². The van der Waals surface area contributed by atoms with Crippen molar-refractivity contribution in [2.24, 2.45) is 0 Å². The van der Waals surface area contributed by atoms with Crippen LogP contribution in [0.25, 0.3) is 0 Å². The summed E-state index contributed by atoms with van der Waals surface area (Å²) >= 11 is 5.73. The Bertz CT molecular complexity index is 361. The van der Waals surface area contributed by atoms with E-state index in [0.29, 0.717) is 6.61 Å². The van der Waals surface area contributed by atoms with Crippen LogP contribution in [0.2, 0.25) is 5.02 Å². The third-order valence-corrected chi connectivity index (χ3v) is 2.17. The molecule has 0 fully saturated rings. The predicted octanol–water partition coefficient (Wildman–Crippen LogP) is 2.96. The first-order valence-electron chi connectivity index (χ1n) is 4.64. The van der Waals surface area contributed by atoms with E-state index >= 15 is 0 Å². The normalized spacial score (nSPS) is 10.7. The molecule has 3 nitrogen and oxygen atoms in total. The van der Waals surface area contributed by atoms with Crippen LogP contribution in [0.4, 0.5) is 0 Å². The van der Waals surface area contributed by atoms with Crippen molar-refractivity contribution in [1.29, 1.82) is 0 Å². The number of hydrogen-bond acceptors (Lipinski definition) is 2. The molecule has 15 heavy (non-hydrogen) atoms. The summed E-state index contributed by atoms with van der Waals surface area (Å²) in [6.45, 7) is 4.25. The largest absolute Gasteiger partial charge is 0.478 e. The molecule has 82 valence electrons. The first-order valence-corrected chi connectivity index (χ1v) is 5.02. The van der Waals surface area contributed by atoms with Gasteiger partial charge in [-0.05, 0) is 31.5 Å². The minimum atomic E-state index is -1.02. The number of carboxylic acids is 1. The number of carboxylic acid groups (broad SMARTS) is 1. The average molecular weight is 229 g/mol. The van der Waals surface area contributed by atoms with Gasteiger partial charge in [0.1, 0.15) is 0 Å². The van der Waals surface area contributed by atoms with Gasteiger partial charge in [0.05, 0.1) is 23.3 Å². The van der Waals surface area contributed by atoms with Crippen LogP contribution in [0.15, 0.2) is 18.2 Å². The zero-order valence-corrected chi connectivity index (χ0v) is 9.41. The molecule has 0 saturated carbocycles. The van der Waals surface area contributed by atoms with E-state index in [1.165, 1.54) is 6.07 Å². The number of aromatic carboxylic acids is 1. The van der Waals surface area contributed by atoms with E-state index in [1.54, 1.807) is 12.1 Å². The van der Waals surface area contributed by atoms with Gasteiger partial charge in [-0.1, -0.05) is 17.7 Å². The van der Waals surface area contributed by atoms with Gasteiger partial charge in [-0.25, -0.2) is 4.79 Å². The van der Waals surface area contributed by atoms with E-state index in [-0.39, 0.29) is 16.7 Å². The number of carbonyl (C=O) groups is 1. The highest BCUT2D eigenvalue weighted by Crippen LogP contribution is 2.18. The summed E-state index contributed by atoms with van der Waals surface area (Å²) in [5.74, 6) is -1.02. The van der Waals surface area contributed by atoms with Crippen LogP contribution in [-0.4, -0.2) is 17.2 Å². The van der Waals surface area contributed by atoms with Crippen molar-refractivity contribution in [2.45, 2.75) is 26.6 Å². The Morgan fingerprint density at radius 3 is 2.73 bits per heavy atom. The fourth-order valence-corrected chi connectivity index (χ4v) is 1.29. The van der Waals surface area contributed by atoms with Crippen LogP contribution in [0, 0.1) is 0 Å². The smallest absolute Gasteiger partial charge is 0.337 e. The maximum Gasteiger partial charge on any atom is 0.337 e. The summed E-state index contributed by atoms with van der Waals surface area (Å²) in [5.41, 5.74) is 0.923. The molecule has 1 aromatic rings. The fraction of sp³-hybridized carbons (Fsp3) is 0.364. The first-order chi connectivity index (χ1) is 7.00. The molecule has 0 saturated heterocycles. The van der Waals surface area contributed by atoms with Gasteiger partial charge in [0.25, 0.3) is 0 Å². The minimum Gasteiger partial charge on any atom is -0.478 e. The van der Waals surface area contributed by atoms with Crippen molar-refractivity contribution in [3.8, 4) is 0 Å². The van der Waals surface area contributed by atoms with Gasteiger partial charge in [0.15, 0.2) is 0 Å². The van der Waals surface area contributed by atoms with Crippen molar-refractivity contribution in [1.82, 2.24) is 0 Å². The highest BCUT2D eigenvalue weighted by molar-refractivity contribution is 6.33. The van der Waals surface area contributed by atoms with Gasteiger partial charge < -0.3 is 9.84 Å². The third-order valence-electron chi connectivity index (χ3n) is 1.84. The van der Waals surface area contributed by atoms with Crippen LogP contribution < -0.4 is 0 Å². The van der Waals surface area contributed by atoms with Gasteiger partial charge in [0.2, 0.25) is 0 Å². The number of halogens is 1. The Balaban J connectivity index is 2.83. The molecule has 0 aliphatic rings. The second-order valence-corrected chi connectivity index (χ2v) is 3.89. The van der Waals surface area contributed by atoms with Gasteiger partial charge in [-0.2, -0.15) is 0 Å². The van der Waals surface area contributed by atoms with Crippen molar-refractivity contribution in [2.75, 3.05) is 0 Å². The SMILES string of the molecule is CC(C)OCc1ccc(Cl)c(C(=O)O)c1. The number of benzene rings is 1. The molecule has 0 amide bonds. The lowest BCUT2D eigenvalue weighted by Gasteiger charge is -2.08. The van der Waals surface area contributed by atoms with Gasteiger partial charge >= 0.3 is 5.97 Å². The first kappa shape index (κ1) is 12.0. The summed E-state index contributed by atoms with van der Waals surface area (Å²) < 4.78 is 5.37. The quantitative estimate of drug-likeness (QED) is 0.862. The lowest BCUT2D eigenvalue weighted by atomic mass is 10.1. The molecule has 1 aromatic carbocycles. The second-order valence-electron chi connectivity index (χ2n) is 3.48. The predicted molar refractivity (Wildman–Crippen MR) is 58.3 cm³/mol. The standard InChI is InChI=1S/C11H13ClO3/c1-7(2)15-6-8-3-4-10(12)9(5-8)11(13)14/h3-5,7H,6H2,1-2H3,(H,13,14). The molecule has 0 aliphatic heterocycles. The maximum atomic E-state index is 10.8. The van der Waals surface area contributed by atoms with Crippen molar-refractivity contribution in [3.05, 3.63) is 34.3 Å². The van der Waals surface area contributed by atoms with Crippen molar-refractivity contribution >= 4 is 17.6 Å². The Morgan fingerprint density at radius 1 is 1.53 bits per heavy atom. The average Bonchev–Trinajstić information content (AvgIpc) is 2.16.